The minimum absolute atomic E-state index is 0.582. The summed E-state index contributed by atoms with van der Waals surface area (Å²) in [5, 5.41) is 0. The highest BCUT2D eigenvalue weighted by Crippen LogP contribution is 3.12. The van der Waals surface area contributed by atoms with Crippen molar-refractivity contribution < 1.29 is 4.79 Å². The van der Waals surface area contributed by atoms with Crippen molar-refractivity contribution in [3.05, 3.63) is 0 Å². The Kier molecular flexibility index (Phi) is 0.326. The summed E-state index contributed by atoms with van der Waals surface area (Å²) in [7, 11) is 0. The van der Waals surface area contributed by atoms with Gasteiger partial charge < -0.3 is 0 Å². The molecule has 0 amide bonds. The molecule has 0 aromatic rings. The second kappa shape index (κ2) is 0.773. The summed E-state index contributed by atoms with van der Waals surface area (Å²) < 4.78 is 0. The first-order valence-corrected chi connectivity index (χ1v) is 4.82. The van der Waals surface area contributed by atoms with E-state index in [2.05, 4.69) is 6.92 Å². The molecule has 5 aliphatic carbocycles. The fourth-order valence-corrected chi connectivity index (χ4v) is 6.06. The molecular formula is C10H10O. The molecule has 0 radical (unpaired) electrons. The summed E-state index contributed by atoms with van der Waals surface area (Å²) in [6.45, 7) is 2.38. The predicted molar refractivity (Wildman–Crippen MR) is 37.6 cm³/mol. The van der Waals surface area contributed by atoms with Crippen molar-refractivity contribution in [1.82, 2.24) is 0 Å². The molecular weight excluding hydrogens is 136 g/mol. The Hall–Kier alpha value is -0.330. The van der Waals surface area contributed by atoms with Gasteiger partial charge in [0.15, 0.2) is 0 Å². The Morgan fingerprint density at radius 1 is 1.45 bits per heavy atom. The van der Waals surface area contributed by atoms with Gasteiger partial charge in [-0.15, -0.1) is 0 Å². The maximum atomic E-state index is 11.5. The van der Waals surface area contributed by atoms with Crippen LogP contribution in [0.15, 0.2) is 0 Å². The van der Waals surface area contributed by atoms with Gasteiger partial charge in [0.1, 0.15) is 5.78 Å². The third-order valence-electron chi connectivity index (χ3n) is 6.13. The molecule has 0 bridgehead atoms. The molecule has 11 heavy (non-hydrogen) atoms. The Morgan fingerprint density at radius 3 is 2.91 bits per heavy atom. The van der Waals surface area contributed by atoms with E-state index in [0.717, 1.165) is 23.2 Å². The molecule has 0 N–H and O–H groups in total. The van der Waals surface area contributed by atoms with Gasteiger partial charge in [0, 0.05) is 11.8 Å². The average Bonchev–Trinajstić information content (AvgIpc) is 2.57. The topological polar surface area (TPSA) is 17.1 Å². The number of rotatable bonds is 0. The average molecular weight is 146 g/mol. The standard InChI is InChI=1S/C10H10O/c1-3-6-7-8(11)4-2-5-9(3,6)10(4,5)7/h3-7H,2H2,1H3. The summed E-state index contributed by atoms with van der Waals surface area (Å²) in [6, 6.07) is 0. The summed E-state index contributed by atoms with van der Waals surface area (Å²) in [5.41, 5.74) is 1.49. The molecule has 0 aromatic heterocycles. The lowest BCUT2D eigenvalue weighted by molar-refractivity contribution is -0.167. The zero-order chi connectivity index (χ0) is 7.17. The van der Waals surface area contributed by atoms with E-state index in [1.807, 2.05) is 0 Å². The van der Waals surface area contributed by atoms with Gasteiger partial charge in [0.05, 0.1) is 0 Å². The largest absolute Gasteiger partial charge is 0.299 e. The summed E-state index contributed by atoms with van der Waals surface area (Å²) in [4.78, 5) is 11.5. The fourth-order valence-electron chi connectivity index (χ4n) is 6.06. The molecule has 5 rings (SSSR count). The van der Waals surface area contributed by atoms with E-state index in [1.165, 1.54) is 6.42 Å². The Bertz CT molecular complexity index is 347. The Morgan fingerprint density at radius 2 is 2.27 bits per heavy atom. The monoisotopic (exact) mass is 146 g/mol. The molecule has 5 saturated carbocycles. The van der Waals surface area contributed by atoms with E-state index in [1.54, 1.807) is 0 Å². The third-order valence-corrected chi connectivity index (χ3v) is 6.13. The number of Topliss-reactive ketones (excluding diaryl/α,β-unsaturated/α-hetero) is 1. The smallest absolute Gasteiger partial charge is 0.140 e. The van der Waals surface area contributed by atoms with E-state index in [0.29, 0.717) is 23.0 Å². The van der Waals surface area contributed by atoms with Crippen LogP contribution in [0.4, 0.5) is 0 Å². The van der Waals surface area contributed by atoms with Gasteiger partial charge in [0.2, 0.25) is 0 Å². The highest BCUT2D eigenvalue weighted by atomic mass is 16.1. The number of fused-ring (bicyclic) bond motifs is 1. The van der Waals surface area contributed by atoms with Gasteiger partial charge in [-0.05, 0) is 35.0 Å². The molecule has 7 atom stereocenters. The predicted octanol–water partition coefficient (Wildman–Crippen LogP) is 1.09. The molecule has 0 aromatic carbocycles. The fraction of sp³-hybridized carbons (Fsp3) is 0.900. The van der Waals surface area contributed by atoms with Crippen LogP contribution in [0, 0.1) is 40.4 Å². The van der Waals surface area contributed by atoms with Crippen LogP contribution in [0.3, 0.4) is 0 Å². The second-order valence-corrected chi connectivity index (χ2v) is 5.40. The number of ketones is 1. The molecule has 0 saturated heterocycles. The lowest BCUT2D eigenvalue weighted by Crippen LogP contribution is -2.61. The number of carbonyl (C=O) groups excluding carboxylic acids is 1. The zero-order valence-corrected chi connectivity index (χ0v) is 6.50. The highest BCUT2D eigenvalue weighted by molar-refractivity contribution is 6.02. The summed E-state index contributed by atoms with van der Waals surface area (Å²) in [6.07, 6.45) is 1.29. The maximum absolute atomic E-state index is 11.5. The van der Waals surface area contributed by atoms with Crippen LogP contribution >= 0.6 is 0 Å². The maximum Gasteiger partial charge on any atom is 0.140 e. The highest BCUT2D eigenvalue weighted by Gasteiger charge is 3.12. The van der Waals surface area contributed by atoms with Crippen molar-refractivity contribution in [2.45, 2.75) is 13.3 Å². The minimum Gasteiger partial charge on any atom is -0.299 e. The second-order valence-electron chi connectivity index (χ2n) is 5.40. The van der Waals surface area contributed by atoms with E-state index in [9.17, 15) is 4.79 Å². The minimum atomic E-state index is 0.582. The van der Waals surface area contributed by atoms with Crippen molar-refractivity contribution in [2.75, 3.05) is 0 Å². The van der Waals surface area contributed by atoms with Crippen molar-refractivity contribution in [3.63, 3.8) is 0 Å². The number of hydrogen-bond acceptors (Lipinski definition) is 1. The van der Waals surface area contributed by atoms with Crippen molar-refractivity contribution >= 4 is 5.78 Å². The van der Waals surface area contributed by atoms with Gasteiger partial charge in [-0.3, -0.25) is 4.79 Å². The molecule has 56 valence electrons. The number of carbonyl (C=O) groups is 1. The van der Waals surface area contributed by atoms with Crippen LogP contribution in [0.1, 0.15) is 13.3 Å². The van der Waals surface area contributed by atoms with Gasteiger partial charge in [-0.1, -0.05) is 6.92 Å². The quantitative estimate of drug-likeness (QED) is 0.500. The SMILES string of the molecule is CC1C2C3C(=O)C4CC5C43C125. The lowest BCUT2D eigenvalue weighted by Gasteiger charge is -2.55. The van der Waals surface area contributed by atoms with Crippen LogP contribution in [-0.2, 0) is 4.79 Å². The van der Waals surface area contributed by atoms with Gasteiger partial charge >= 0.3 is 0 Å². The van der Waals surface area contributed by atoms with Crippen LogP contribution < -0.4 is 0 Å². The van der Waals surface area contributed by atoms with Gasteiger partial charge in [-0.2, -0.15) is 0 Å². The molecule has 1 heteroatoms. The molecule has 5 fully saturated rings. The Labute approximate surface area is 65.2 Å². The summed E-state index contributed by atoms with van der Waals surface area (Å²) >= 11 is 0. The molecule has 2 spiro atoms. The van der Waals surface area contributed by atoms with Crippen molar-refractivity contribution in [2.24, 2.45) is 40.4 Å². The van der Waals surface area contributed by atoms with Gasteiger partial charge in [-0.25, -0.2) is 0 Å². The third kappa shape index (κ3) is 0.155. The van der Waals surface area contributed by atoms with E-state index in [4.69, 9.17) is 0 Å². The lowest BCUT2D eigenvalue weighted by atomic mass is 9.45. The first-order chi connectivity index (χ1) is 5.29. The van der Waals surface area contributed by atoms with E-state index < -0.39 is 0 Å². The molecule has 0 aliphatic heterocycles. The van der Waals surface area contributed by atoms with Crippen LogP contribution in [0.25, 0.3) is 0 Å². The van der Waals surface area contributed by atoms with Crippen molar-refractivity contribution in [3.8, 4) is 0 Å². The number of hydrogen-bond donors (Lipinski definition) is 0. The first kappa shape index (κ1) is 4.64. The zero-order valence-electron chi connectivity index (χ0n) is 6.50. The summed E-state index contributed by atoms with van der Waals surface area (Å²) in [5.74, 6) is 4.71. The normalized spacial score (nSPS) is 89.9. The van der Waals surface area contributed by atoms with Gasteiger partial charge in [0.25, 0.3) is 0 Å². The molecule has 5 aliphatic rings. The molecule has 0 heterocycles. The van der Waals surface area contributed by atoms with Crippen LogP contribution in [-0.4, -0.2) is 5.78 Å². The first-order valence-electron chi connectivity index (χ1n) is 4.82. The van der Waals surface area contributed by atoms with Crippen LogP contribution in [0.2, 0.25) is 0 Å². The van der Waals surface area contributed by atoms with Crippen molar-refractivity contribution in [1.29, 1.82) is 0 Å². The molecule has 7 unspecified atom stereocenters. The molecule has 1 nitrogen and oxygen atoms in total. The Balaban J connectivity index is 1.86. The van der Waals surface area contributed by atoms with E-state index in [-0.39, 0.29) is 0 Å². The van der Waals surface area contributed by atoms with Crippen LogP contribution in [0.5, 0.6) is 0 Å². The van der Waals surface area contributed by atoms with E-state index >= 15 is 0 Å².